The third-order valence-electron chi connectivity index (χ3n) is 5.71. The number of carboxylic acids is 2. The largest absolute Gasteiger partial charge is 0.539 e. The van der Waals surface area contributed by atoms with Crippen LogP contribution in [0.25, 0.3) is 0 Å². The first kappa shape index (κ1) is 24.5. The van der Waals surface area contributed by atoms with Crippen molar-refractivity contribution in [2.75, 3.05) is 40.4 Å². The molecule has 0 spiro atoms. The fourth-order valence-corrected chi connectivity index (χ4v) is 4.17. The van der Waals surface area contributed by atoms with Crippen LogP contribution in [0.3, 0.4) is 0 Å². The summed E-state index contributed by atoms with van der Waals surface area (Å²) in [6, 6.07) is 6.13. The Kier molecular flexibility index (Phi) is 9.58. The Morgan fingerprint density at radius 3 is 2.32 bits per heavy atom. The van der Waals surface area contributed by atoms with Crippen LogP contribution in [-0.4, -0.2) is 68.3 Å². The number of likely N-dealkylation sites (tertiary alicyclic amines) is 2. The topological polar surface area (TPSA) is 121 Å². The summed E-state index contributed by atoms with van der Waals surface area (Å²) in [5.41, 5.74) is 1.23. The normalized spacial score (nSPS) is 20.8. The van der Waals surface area contributed by atoms with E-state index in [2.05, 4.69) is 17.0 Å². The predicted octanol–water partition coefficient (Wildman–Crippen LogP) is -0.668. The van der Waals surface area contributed by atoms with Gasteiger partial charge in [0.25, 0.3) is 0 Å². The van der Waals surface area contributed by atoms with Gasteiger partial charge >= 0.3 is 5.97 Å². The lowest BCUT2D eigenvalue weighted by atomic mass is 9.95. The van der Waals surface area contributed by atoms with Gasteiger partial charge in [0, 0.05) is 18.7 Å². The molecule has 0 aliphatic carbocycles. The SMILES string of the molecule is COc1ccc(C[NH+]2CCCC(C(=O)N3CCCCC3)C2)cc1OC.O=C([O-])C(=O)O. The zero-order valence-corrected chi connectivity index (χ0v) is 18.2. The molecule has 0 aromatic heterocycles. The number of carboxylic acid groups (broad SMARTS) is 2. The number of hydrogen-bond donors (Lipinski definition) is 2. The van der Waals surface area contributed by atoms with Gasteiger partial charge in [-0.05, 0) is 50.3 Å². The van der Waals surface area contributed by atoms with Gasteiger partial charge in [-0.1, -0.05) is 0 Å². The second kappa shape index (κ2) is 12.1. The Bertz CT molecular complexity index is 750. The molecule has 9 nitrogen and oxygen atoms in total. The molecule has 9 heteroatoms. The first-order chi connectivity index (χ1) is 14.8. The zero-order valence-electron chi connectivity index (χ0n) is 18.2. The summed E-state index contributed by atoms with van der Waals surface area (Å²) in [7, 11) is 3.33. The van der Waals surface area contributed by atoms with Crippen LogP contribution < -0.4 is 19.5 Å². The third-order valence-corrected chi connectivity index (χ3v) is 5.71. The quantitative estimate of drug-likeness (QED) is 0.588. The molecule has 31 heavy (non-hydrogen) atoms. The molecule has 2 N–H and O–H groups in total. The van der Waals surface area contributed by atoms with Crippen molar-refractivity contribution >= 4 is 17.8 Å². The van der Waals surface area contributed by atoms with E-state index in [9.17, 15) is 4.79 Å². The maximum Gasteiger partial charge on any atom is 0.351 e. The molecule has 3 rings (SSSR count). The van der Waals surface area contributed by atoms with E-state index in [1.807, 2.05) is 6.07 Å². The molecule has 2 aliphatic heterocycles. The van der Waals surface area contributed by atoms with Crippen molar-refractivity contribution in [2.45, 2.75) is 38.6 Å². The third kappa shape index (κ3) is 7.43. The molecule has 1 aromatic carbocycles. The van der Waals surface area contributed by atoms with E-state index >= 15 is 0 Å². The van der Waals surface area contributed by atoms with Crippen molar-refractivity contribution in [3.63, 3.8) is 0 Å². The lowest BCUT2D eigenvalue weighted by Gasteiger charge is -2.34. The van der Waals surface area contributed by atoms with E-state index in [0.717, 1.165) is 57.1 Å². The number of carbonyl (C=O) groups is 3. The number of quaternary nitrogens is 1. The number of nitrogens with zero attached hydrogens (tertiary/aromatic N) is 1. The highest BCUT2D eigenvalue weighted by Crippen LogP contribution is 2.27. The Morgan fingerprint density at radius 1 is 1.10 bits per heavy atom. The summed E-state index contributed by atoms with van der Waals surface area (Å²) < 4.78 is 10.7. The summed E-state index contributed by atoms with van der Waals surface area (Å²) in [5.74, 6) is -1.88. The monoisotopic (exact) mass is 436 g/mol. The standard InChI is InChI=1S/C20H30N2O3.C2H2O4/c1-24-18-9-8-16(13-19(18)25-2)14-21-10-6-7-17(15-21)20(23)22-11-4-3-5-12-22;3-1(4)2(5)6/h8-9,13,17H,3-7,10-12,14-15H2,1-2H3;(H,3,4)(H,5,6). The van der Waals surface area contributed by atoms with Crippen molar-refractivity contribution in [1.82, 2.24) is 4.90 Å². The summed E-state index contributed by atoms with van der Waals surface area (Å²) >= 11 is 0. The van der Waals surface area contributed by atoms with Crippen LogP contribution in [0, 0.1) is 5.92 Å². The van der Waals surface area contributed by atoms with Gasteiger partial charge in [0.2, 0.25) is 5.91 Å². The average molecular weight is 437 g/mol. The van der Waals surface area contributed by atoms with Gasteiger partial charge in [0.1, 0.15) is 6.54 Å². The molecule has 0 bridgehead atoms. The highest BCUT2D eigenvalue weighted by Gasteiger charge is 2.32. The van der Waals surface area contributed by atoms with Crippen LogP contribution in [-0.2, 0) is 20.9 Å². The van der Waals surface area contributed by atoms with Crippen molar-refractivity contribution in [3.05, 3.63) is 23.8 Å². The van der Waals surface area contributed by atoms with E-state index in [0.29, 0.717) is 5.91 Å². The average Bonchev–Trinajstić information content (AvgIpc) is 2.79. The van der Waals surface area contributed by atoms with E-state index in [4.69, 9.17) is 29.3 Å². The molecular formula is C22H32N2O7. The second-order valence-corrected chi connectivity index (χ2v) is 7.89. The fourth-order valence-electron chi connectivity index (χ4n) is 4.17. The lowest BCUT2D eigenvalue weighted by molar-refractivity contribution is -0.921. The van der Waals surface area contributed by atoms with Gasteiger partial charge < -0.3 is 34.3 Å². The maximum atomic E-state index is 12.8. The molecule has 172 valence electrons. The lowest BCUT2D eigenvalue weighted by Crippen LogP contribution is -3.12. The first-order valence-corrected chi connectivity index (χ1v) is 10.6. The number of hydrogen-bond acceptors (Lipinski definition) is 6. The van der Waals surface area contributed by atoms with E-state index in [1.54, 1.807) is 14.2 Å². The Balaban J connectivity index is 0.000000501. The van der Waals surface area contributed by atoms with Crippen molar-refractivity contribution in [1.29, 1.82) is 0 Å². The highest BCUT2D eigenvalue weighted by molar-refractivity contribution is 6.26. The van der Waals surface area contributed by atoms with Gasteiger partial charge in [-0.3, -0.25) is 4.79 Å². The predicted molar refractivity (Wildman–Crippen MR) is 110 cm³/mol. The maximum absolute atomic E-state index is 12.8. The molecule has 0 saturated carbocycles. The summed E-state index contributed by atoms with van der Waals surface area (Å²) in [6.45, 7) is 4.94. The highest BCUT2D eigenvalue weighted by atomic mass is 16.5. The number of piperidine rings is 2. The number of rotatable bonds is 5. The number of amides is 1. The van der Waals surface area contributed by atoms with Crippen LogP contribution in [0.1, 0.15) is 37.7 Å². The van der Waals surface area contributed by atoms with Gasteiger partial charge in [-0.2, -0.15) is 0 Å². The molecule has 2 fully saturated rings. The molecule has 1 aromatic rings. The van der Waals surface area contributed by atoms with Crippen molar-refractivity contribution in [2.24, 2.45) is 5.92 Å². The number of methoxy groups -OCH3 is 2. The van der Waals surface area contributed by atoms with E-state index in [-0.39, 0.29) is 5.92 Å². The number of aliphatic carboxylic acids is 2. The van der Waals surface area contributed by atoms with Crippen LogP contribution in [0.2, 0.25) is 0 Å². The first-order valence-electron chi connectivity index (χ1n) is 10.6. The van der Waals surface area contributed by atoms with Gasteiger partial charge in [-0.15, -0.1) is 0 Å². The zero-order chi connectivity index (χ0) is 22.8. The van der Waals surface area contributed by atoms with Gasteiger partial charge in [0.15, 0.2) is 17.5 Å². The second-order valence-electron chi connectivity index (χ2n) is 7.89. The molecular weight excluding hydrogens is 404 g/mol. The van der Waals surface area contributed by atoms with Crippen molar-refractivity contribution in [3.8, 4) is 11.5 Å². The molecule has 2 aliphatic rings. The fraction of sp³-hybridized carbons (Fsp3) is 0.591. The number of benzene rings is 1. The Hall–Kier alpha value is -2.81. The molecule has 1 amide bonds. The van der Waals surface area contributed by atoms with E-state index < -0.39 is 11.9 Å². The Labute approximate surface area is 182 Å². The minimum absolute atomic E-state index is 0.196. The molecule has 2 atom stereocenters. The van der Waals surface area contributed by atoms with Gasteiger partial charge in [0.05, 0.1) is 33.2 Å². The van der Waals surface area contributed by atoms with E-state index in [1.165, 1.54) is 29.7 Å². The minimum atomic E-state index is -2.07. The van der Waals surface area contributed by atoms with Crippen LogP contribution >= 0.6 is 0 Å². The number of nitrogens with one attached hydrogen (secondary N) is 1. The molecule has 2 heterocycles. The Morgan fingerprint density at radius 2 is 1.74 bits per heavy atom. The van der Waals surface area contributed by atoms with Gasteiger partial charge in [-0.25, -0.2) is 4.79 Å². The number of carbonyl (C=O) groups excluding carboxylic acids is 2. The van der Waals surface area contributed by atoms with Crippen molar-refractivity contribution < 1.29 is 39.0 Å². The molecule has 2 unspecified atom stereocenters. The molecule has 2 saturated heterocycles. The minimum Gasteiger partial charge on any atom is -0.539 e. The summed E-state index contributed by atoms with van der Waals surface area (Å²) in [6.07, 6.45) is 5.78. The molecule has 0 radical (unpaired) electrons. The smallest absolute Gasteiger partial charge is 0.351 e. The van der Waals surface area contributed by atoms with Crippen LogP contribution in [0.5, 0.6) is 11.5 Å². The number of ether oxygens (including phenoxy) is 2. The van der Waals surface area contributed by atoms with Crippen LogP contribution in [0.4, 0.5) is 0 Å². The van der Waals surface area contributed by atoms with Crippen LogP contribution in [0.15, 0.2) is 18.2 Å². The summed E-state index contributed by atoms with van der Waals surface area (Å²) in [4.78, 5) is 34.4. The summed E-state index contributed by atoms with van der Waals surface area (Å²) in [5, 5.41) is 16.3.